The summed E-state index contributed by atoms with van der Waals surface area (Å²) in [5, 5.41) is 1.13. The van der Waals surface area contributed by atoms with Crippen molar-refractivity contribution < 1.29 is 33.4 Å². The van der Waals surface area contributed by atoms with Crippen LogP contribution in [0.5, 0.6) is 23.0 Å². The van der Waals surface area contributed by atoms with Crippen LogP contribution < -0.4 is 18.9 Å². The van der Waals surface area contributed by atoms with Gasteiger partial charge < -0.3 is 18.9 Å². The van der Waals surface area contributed by atoms with Crippen molar-refractivity contribution in [3.63, 3.8) is 0 Å². The highest BCUT2D eigenvalue weighted by Gasteiger charge is 2.14. The minimum Gasteiger partial charge on any atom is -0.497 e. The molecule has 0 saturated carbocycles. The fourth-order valence-corrected chi connectivity index (χ4v) is 2.37. The Labute approximate surface area is 177 Å². The van der Waals surface area contributed by atoms with E-state index in [1.807, 2.05) is 6.92 Å². The molecule has 0 atom stereocenters. The molecule has 2 aromatic rings. The molecule has 0 aliphatic heterocycles. The van der Waals surface area contributed by atoms with E-state index < -0.39 is 0 Å². The number of benzene rings is 2. The van der Waals surface area contributed by atoms with Gasteiger partial charge in [-0.3, -0.25) is 14.4 Å². The maximum Gasteiger partial charge on any atom is 0.277 e. The van der Waals surface area contributed by atoms with E-state index in [-0.39, 0.29) is 11.7 Å². The zero-order valence-electron chi connectivity index (χ0n) is 18.5. The van der Waals surface area contributed by atoms with Gasteiger partial charge in [0, 0.05) is 36.7 Å². The van der Waals surface area contributed by atoms with Gasteiger partial charge in [-0.15, -0.1) is 0 Å². The van der Waals surface area contributed by atoms with Crippen molar-refractivity contribution >= 4 is 11.7 Å². The fourth-order valence-electron chi connectivity index (χ4n) is 2.37. The molecule has 0 saturated heterocycles. The molecule has 0 aromatic heterocycles. The second-order valence-corrected chi connectivity index (χ2v) is 5.96. The number of amides is 1. The van der Waals surface area contributed by atoms with Gasteiger partial charge in [-0.1, -0.05) is 6.92 Å². The van der Waals surface area contributed by atoms with E-state index in [1.54, 1.807) is 50.6 Å². The molecule has 0 unspecified atom stereocenters. The van der Waals surface area contributed by atoms with E-state index in [0.717, 1.165) is 5.06 Å². The smallest absolute Gasteiger partial charge is 0.277 e. The van der Waals surface area contributed by atoms with Gasteiger partial charge in [0.2, 0.25) is 0 Å². The number of methoxy groups -OCH3 is 4. The standard InChI is InChI=1S/C11H15NO4.C11H14O3/c1-12(16-4)11(13)8-5-9(14-2)7-10(6-8)15-3;1-4-11(12)8-5-9(13-2)7-10(6-8)14-3/h5-7H,1-4H3;5-7H,4H2,1-3H3. The summed E-state index contributed by atoms with van der Waals surface area (Å²) in [4.78, 5) is 28.1. The number of Topliss-reactive ketones (excluding diaryl/α,β-unsaturated/α-hetero) is 1. The Hall–Kier alpha value is -3.26. The van der Waals surface area contributed by atoms with Crippen LogP contribution >= 0.6 is 0 Å². The van der Waals surface area contributed by atoms with Crippen molar-refractivity contribution in [2.24, 2.45) is 0 Å². The first kappa shape index (κ1) is 24.8. The van der Waals surface area contributed by atoms with Crippen LogP contribution in [0, 0.1) is 0 Å². The summed E-state index contributed by atoms with van der Waals surface area (Å²) in [7, 11) is 9.15. The number of hydrogen-bond donors (Lipinski definition) is 0. The van der Waals surface area contributed by atoms with Crippen LogP contribution in [0.3, 0.4) is 0 Å². The van der Waals surface area contributed by atoms with Gasteiger partial charge in [0.05, 0.1) is 35.5 Å². The lowest BCUT2D eigenvalue weighted by atomic mass is 10.1. The van der Waals surface area contributed by atoms with Gasteiger partial charge in [0.15, 0.2) is 5.78 Å². The first-order chi connectivity index (χ1) is 14.3. The molecular formula is C22H29NO7. The lowest BCUT2D eigenvalue weighted by Gasteiger charge is -2.14. The summed E-state index contributed by atoms with van der Waals surface area (Å²) >= 11 is 0. The van der Waals surface area contributed by atoms with Crippen LogP contribution in [-0.4, -0.2) is 59.4 Å². The maximum atomic E-state index is 11.8. The minimum atomic E-state index is -0.264. The van der Waals surface area contributed by atoms with E-state index >= 15 is 0 Å². The summed E-state index contributed by atoms with van der Waals surface area (Å²) < 4.78 is 20.3. The normalized spacial score (nSPS) is 9.70. The first-order valence-electron chi connectivity index (χ1n) is 9.14. The van der Waals surface area contributed by atoms with Crippen LogP contribution in [-0.2, 0) is 4.84 Å². The number of rotatable bonds is 8. The SMILES string of the molecule is CCC(=O)c1cc(OC)cc(OC)c1.COc1cc(OC)cc(C(=O)N(C)OC)c1. The molecule has 0 fully saturated rings. The number of hydrogen-bond acceptors (Lipinski definition) is 7. The molecule has 0 bridgehead atoms. The third-order valence-corrected chi connectivity index (χ3v) is 4.15. The highest BCUT2D eigenvalue weighted by atomic mass is 16.7. The third-order valence-electron chi connectivity index (χ3n) is 4.15. The maximum absolute atomic E-state index is 11.8. The molecule has 0 heterocycles. The average molecular weight is 419 g/mol. The number of ketones is 1. The van der Waals surface area contributed by atoms with Crippen LogP contribution in [0.1, 0.15) is 34.1 Å². The lowest BCUT2D eigenvalue weighted by molar-refractivity contribution is -0.0757. The topological polar surface area (TPSA) is 83.5 Å². The van der Waals surface area contributed by atoms with Gasteiger partial charge >= 0.3 is 0 Å². The number of hydroxylamine groups is 2. The quantitative estimate of drug-likeness (QED) is 0.477. The molecule has 0 N–H and O–H groups in total. The van der Waals surface area contributed by atoms with Crippen molar-refractivity contribution in [3.8, 4) is 23.0 Å². The summed E-state index contributed by atoms with van der Waals surface area (Å²) in [6.45, 7) is 1.83. The highest BCUT2D eigenvalue weighted by Crippen LogP contribution is 2.24. The Morgan fingerprint density at radius 3 is 1.37 bits per heavy atom. The molecule has 0 radical (unpaired) electrons. The van der Waals surface area contributed by atoms with Crippen molar-refractivity contribution in [3.05, 3.63) is 47.5 Å². The summed E-state index contributed by atoms with van der Waals surface area (Å²) in [6.07, 6.45) is 0.482. The van der Waals surface area contributed by atoms with E-state index in [9.17, 15) is 9.59 Å². The molecule has 164 valence electrons. The van der Waals surface area contributed by atoms with E-state index in [0.29, 0.717) is 40.5 Å². The Kier molecular flexibility index (Phi) is 10.2. The molecular weight excluding hydrogens is 390 g/mol. The zero-order chi connectivity index (χ0) is 22.7. The Balaban J connectivity index is 0.000000303. The highest BCUT2D eigenvalue weighted by molar-refractivity contribution is 5.96. The van der Waals surface area contributed by atoms with Gasteiger partial charge in [0.1, 0.15) is 23.0 Å². The summed E-state index contributed by atoms with van der Waals surface area (Å²) in [6, 6.07) is 10.1. The third kappa shape index (κ3) is 6.97. The fraction of sp³-hybridized carbons (Fsp3) is 0.364. The summed E-state index contributed by atoms with van der Waals surface area (Å²) in [5.74, 6) is 2.23. The largest absolute Gasteiger partial charge is 0.497 e. The average Bonchev–Trinajstić information content (AvgIpc) is 2.81. The minimum absolute atomic E-state index is 0.0854. The van der Waals surface area contributed by atoms with E-state index in [1.165, 1.54) is 28.4 Å². The lowest BCUT2D eigenvalue weighted by Crippen LogP contribution is -2.25. The molecule has 0 spiro atoms. The van der Waals surface area contributed by atoms with Crippen molar-refractivity contribution in [1.82, 2.24) is 5.06 Å². The molecule has 2 rings (SSSR count). The zero-order valence-corrected chi connectivity index (χ0v) is 18.5. The molecule has 0 aliphatic carbocycles. The number of carbonyl (C=O) groups is 2. The van der Waals surface area contributed by atoms with Crippen LogP contribution in [0.15, 0.2) is 36.4 Å². The monoisotopic (exact) mass is 419 g/mol. The van der Waals surface area contributed by atoms with Gasteiger partial charge in [-0.2, -0.15) is 0 Å². The molecule has 30 heavy (non-hydrogen) atoms. The summed E-state index contributed by atoms with van der Waals surface area (Å²) in [5.41, 5.74) is 1.07. The van der Waals surface area contributed by atoms with Crippen molar-refractivity contribution in [2.75, 3.05) is 42.6 Å². The second kappa shape index (κ2) is 12.3. The van der Waals surface area contributed by atoms with Crippen LogP contribution in [0.25, 0.3) is 0 Å². The van der Waals surface area contributed by atoms with Gasteiger partial charge in [0.25, 0.3) is 5.91 Å². The van der Waals surface area contributed by atoms with Crippen molar-refractivity contribution in [1.29, 1.82) is 0 Å². The first-order valence-corrected chi connectivity index (χ1v) is 9.14. The molecule has 0 aliphatic rings. The molecule has 1 amide bonds. The van der Waals surface area contributed by atoms with Gasteiger partial charge in [-0.05, 0) is 24.3 Å². The number of nitrogens with zero attached hydrogens (tertiary/aromatic N) is 1. The second-order valence-electron chi connectivity index (χ2n) is 5.96. The van der Waals surface area contributed by atoms with Crippen molar-refractivity contribution in [2.45, 2.75) is 13.3 Å². The molecule has 8 heteroatoms. The number of carbonyl (C=O) groups excluding carboxylic acids is 2. The number of ether oxygens (including phenoxy) is 4. The van der Waals surface area contributed by atoms with E-state index in [4.69, 9.17) is 23.8 Å². The molecule has 2 aromatic carbocycles. The Morgan fingerprint density at radius 1 is 0.700 bits per heavy atom. The van der Waals surface area contributed by atoms with Gasteiger partial charge in [-0.25, -0.2) is 5.06 Å². The Morgan fingerprint density at radius 2 is 1.07 bits per heavy atom. The van der Waals surface area contributed by atoms with Crippen LogP contribution in [0.4, 0.5) is 0 Å². The van der Waals surface area contributed by atoms with Crippen LogP contribution in [0.2, 0.25) is 0 Å². The molecule has 8 nitrogen and oxygen atoms in total. The Bertz CT molecular complexity index is 807. The predicted octanol–water partition coefficient (Wildman–Crippen LogP) is 3.63. The predicted molar refractivity (Wildman–Crippen MR) is 113 cm³/mol. The van der Waals surface area contributed by atoms with E-state index in [2.05, 4.69) is 0 Å².